The van der Waals surface area contributed by atoms with Gasteiger partial charge in [0.1, 0.15) is 5.82 Å². The van der Waals surface area contributed by atoms with Gasteiger partial charge in [-0.15, -0.1) is 0 Å². The molecule has 120 valence electrons. The summed E-state index contributed by atoms with van der Waals surface area (Å²) in [4.78, 5) is 1.85. The van der Waals surface area contributed by atoms with Gasteiger partial charge in [-0.25, -0.2) is 12.8 Å². The van der Waals surface area contributed by atoms with E-state index < -0.39 is 15.8 Å². The first kappa shape index (κ1) is 17.9. The second kappa shape index (κ2) is 6.72. The molecule has 2 N–H and O–H groups in total. The van der Waals surface area contributed by atoms with E-state index in [2.05, 4.69) is 0 Å². The standard InChI is InChI=1S/C14H24FN3O2S/c1-6-18(10(2)9-17(4)5)21(19,20)14-8-12(16)7-13(15)11(14)3/h7-8,10H,6,9,16H2,1-5H3. The van der Waals surface area contributed by atoms with Crippen LogP contribution >= 0.6 is 0 Å². The average Bonchev–Trinajstić information content (AvgIpc) is 2.32. The molecule has 0 saturated carbocycles. The normalized spacial score (nSPS) is 13.9. The summed E-state index contributed by atoms with van der Waals surface area (Å²) in [6.45, 7) is 5.94. The zero-order valence-corrected chi connectivity index (χ0v) is 14.0. The fourth-order valence-corrected chi connectivity index (χ4v) is 4.31. The van der Waals surface area contributed by atoms with Gasteiger partial charge in [-0.2, -0.15) is 4.31 Å². The predicted molar refractivity (Wildman–Crippen MR) is 83.1 cm³/mol. The highest BCUT2D eigenvalue weighted by atomic mass is 32.2. The number of halogens is 1. The lowest BCUT2D eigenvalue weighted by atomic mass is 10.2. The van der Waals surface area contributed by atoms with Gasteiger partial charge < -0.3 is 10.6 Å². The van der Waals surface area contributed by atoms with Crippen LogP contribution in [0.15, 0.2) is 17.0 Å². The SMILES string of the molecule is CCN(C(C)CN(C)C)S(=O)(=O)c1cc(N)cc(F)c1C. The summed E-state index contributed by atoms with van der Waals surface area (Å²) in [6.07, 6.45) is 0. The highest BCUT2D eigenvalue weighted by Gasteiger charge is 2.30. The van der Waals surface area contributed by atoms with E-state index in [-0.39, 0.29) is 22.2 Å². The molecule has 0 aliphatic carbocycles. The van der Waals surface area contributed by atoms with E-state index >= 15 is 0 Å². The number of anilines is 1. The topological polar surface area (TPSA) is 66.6 Å². The Morgan fingerprint density at radius 2 is 1.90 bits per heavy atom. The molecule has 0 saturated heterocycles. The van der Waals surface area contributed by atoms with Crippen molar-refractivity contribution in [3.8, 4) is 0 Å². The number of sulfonamides is 1. The quantitative estimate of drug-likeness (QED) is 0.811. The molecule has 0 fully saturated rings. The maximum atomic E-state index is 13.8. The highest BCUT2D eigenvalue weighted by Crippen LogP contribution is 2.26. The van der Waals surface area contributed by atoms with Crippen LogP contribution in [0.1, 0.15) is 19.4 Å². The van der Waals surface area contributed by atoms with E-state index in [1.165, 1.54) is 17.3 Å². The Labute approximate surface area is 126 Å². The minimum absolute atomic E-state index is 0.0625. The maximum Gasteiger partial charge on any atom is 0.243 e. The summed E-state index contributed by atoms with van der Waals surface area (Å²) in [6, 6.07) is 2.23. The molecule has 0 bridgehead atoms. The molecule has 1 atom stereocenters. The lowest BCUT2D eigenvalue weighted by Gasteiger charge is -2.29. The molecule has 0 heterocycles. The van der Waals surface area contributed by atoms with Crippen LogP contribution in [0, 0.1) is 12.7 Å². The number of benzene rings is 1. The minimum atomic E-state index is -3.78. The lowest BCUT2D eigenvalue weighted by molar-refractivity contribution is 0.271. The monoisotopic (exact) mass is 317 g/mol. The van der Waals surface area contributed by atoms with Crippen molar-refractivity contribution in [2.24, 2.45) is 0 Å². The third-order valence-corrected chi connectivity index (χ3v) is 5.55. The molecular weight excluding hydrogens is 293 g/mol. The van der Waals surface area contributed by atoms with E-state index in [1.807, 2.05) is 25.9 Å². The summed E-state index contributed by atoms with van der Waals surface area (Å²) < 4.78 is 40.7. The second-order valence-corrected chi connectivity index (χ2v) is 7.30. The highest BCUT2D eigenvalue weighted by molar-refractivity contribution is 7.89. The number of nitrogens with zero attached hydrogens (tertiary/aromatic N) is 2. The maximum absolute atomic E-state index is 13.8. The van der Waals surface area contributed by atoms with Gasteiger partial charge in [-0.3, -0.25) is 0 Å². The van der Waals surface area contributed by atoms with Crippen LogP contribution in [0.2, 0.25) is 0 Å². The van der Waals surface area contributed by atoms with Crippen molar-refractivity contribution < 1.29 is 12.8 Å². The largest absolute Gasteiger partial charge is 0.399 e. The van der Waals surface area contributed by atoms with Crippen molar-refractivity contribution >= 4 is 15.7 Å². The molecule has 1 aromatic rings. The van der Waals surface area contributed by atoms with E-state index in [9.17, 15) is 12.8 Å². The molecule has 5 nitrogen and oxygen atoms in total. The fraction of sp³-hybridized carbons (Fsp3) is 0.571. The number of nitrogens with two attached hydrogens (primary N) is 1. The van der Waals surface area contributed by atoms with Crippen molar-refractivity contribution in [3.63, 3.8) is 0 Å². The van der Waals surface area contributed by atoms with Gasteiger partial charge in [-0.1, -0.05) is 6.92 Å². The second-order valence-electron chi connectivity index (χ2n) is 5.45. The van der Waals surface area contributed by atoms with Gasteiger partial charge >= 0.3 is 0 Å². The van der Waals surface area contributed by atoms with Gasteiger partial charge in [0, 0.05) is 30.4 Å². The number of hydrogen-bond acceptors (Lipinski definition) is 4. The van der Waals surface area contributed by atoms with E-state index in [1.54, 1.807) is 6.92 Å². The molecule has 7 heteroatoms. The Balaban J connectivity index is 3.32. The van der Waals surface area contributed by atoms with Crippen LogP contribution in [-0.4, -0.2) is 50.8 Å². The molecule has 1 rings (SSSR count). The van der Waals surface area contributed by atoms with Crippen molar-refractivity contribution in [3.05, 3.63) is 23.5 Å². The predicted octanol–water partition coefficient (Wildman–Crippen LogP) is 1.68. The van der Waals surface area contributed by atoms with Gasteiger partial charge in [0.15, 0.2) is 0 Å². The first-order valence-corrected chi connectivity index (χ1v) is 8.27. The zero-order chi connectivity index (χ0) is 16.4. The number of hydrogen-bond donors (Lipinski definition) is 1. The van der Waals surface area contributed by atoms with E-state index in [0.29, 0.717) is 13.1 Å². The first-order valence-electron chi connectivity index (χ1n) is 6.83. The Morgan fingerprint density at radius 3 is 2.38 bits per heavy atom. The molecule has 0 radical (unpaired) electrons. The zero-order valence-electron chi connectivity index (χ0n) is 13.2. The molecule has 21 heavy (non-hydrogen) atoms. The molecule has 1 unspecified atom stereocenters. The Bertz CT molecular complexity index is 602. The Morgan fingerprint density at radius 1 is 1.33 bits per heavy atom. The molecule has 0 aromatic heterocycles. The van der Waals surface area contributed by atoms with Crippen LogP contribution < -0.4 is 5.73 Å². The lowest BCUT2D eigenvalue weighted by Crippen LogP contribution is -2.43. The fourth-order valence-electron chi connectivity index (χ4n) is 2.41. The van der Waals surface area contributed by atoms with Crippen LogP contribution in [0.5, 0.6) is 0 Å². The first-order chi connectivity index (χ1) is 9.61. The van der Waals surface area contributed by atoms with Gasteiger partial charge in [0.05, 0.1) is 4.90 Å². The van der Waals surface area contributed by atoms with Crippen molar-refractivity contribution in [1.29, 1.82) is 0 Å². The summed E-state index contributed by atoms with van der Waals surface area (Å²) in [5, 5.41) is 0. The van der Waals surface area contributed by atoms with Crippen LogP contribution in [0.25, 0.3) is 0 Å². The molecular formula is C14H24FN3O2S. The summed E-state index contributed by atoms with van der Waals surface area (Å²) in [5.41, 5.74) is 5.79. The van der Waals surface area contributed by atoms with E-state index in [0.717, 1.165) is 6.07 Å². The average molecular weight is 317 g/mol. The molecule has 0 spiro atoms. The summed E-state index contributed by atoms with van der Waals surface area (Å²) in [5.74, 6) is -0.607. The number of rotatable bonds is 6. The third kappa shape index (κ3) is 3.93. The molecule has 1 aromatic carbocycles. The van der Waals surface area contributed by atoms with Gasteiger partial charge in [0.25, 0.3) is 0 Å². The van der Waals surface area contributed by atoms with Crippen molar-refractivity contribution in [1.82, 2.24) is 9.21 Å². The van der Waals surface area contributed by atoms with Crippen LogP contribution in [0.3, 0.4) is 0 Å². The van der Waals surface area contributed by atoms with Gasteiger partial charge in [0.2, 0.25) is 10.0 Å². The Hall–Kier alpha value is -1.18. The molecule has 0 amide bonds. The third-order valence-electron chi connectivity index (χ3n) is 3.34. The van der Waals surface area contributed by atoms with E-state index in [4.69, 9.17) is 5.73 Å². The van der Waals surface area contributed by atoms with Crippen LogP contribution in [0.4, 0.5) is 10.1 Å². The minimum Gasteiger partial charge on any atom is -0.399 e. The molecule has 0 aliphatic rings. The number of nitrogen functional groups attached to an aromatic ring is 1. The number of likely N-dealkylation sites (N-methyl/N-ethyl adjacent to an activating group) is 2. The van der Waals surface area contributed by atoms with Crippen molar-refractivity contribution in [2.45, 2.75) is 31.7 Å². The summed E-state index contributed by atoms with van der Waals surface area (Å²) >= 11 is 0. The summed E-state index contributed by atoms with van der Waals surface area (Å²) in [7, 11) is -0.0303. The van der Waals surface area contributed by atoms with Crippen molar-refractivity contribution in [2.75, 3.05) is 32.9 Å². The Kier molecular flexibility index (Phi) is 5.72. The van der Waals surface area contributed by atoms with Gasteiger partial charge in [-0.05, 0) is 40.1 Å². The van der Waals surface area contributed by atoms with Crippen LogP contribution in [-0.2, 0) is 10.0 Å². The molecule has 0 aliphatic heterocycles. The smallest absolute Gasteiger partial charge is 0.243 e.